The summed E-state index contributed by atoms with van der Waals surface area (Å²) in [6.45, 7) is 4.36. The summed E-state index contributed by atoms with van der Waals surface area (Å²) in [4.78, 5) is 12.7. The molecule has 4 rings (SSSR count). The summed E-state index contributed by atoms with van der Waals surface area (Å²) < 4.78 is 1.89. The lowest BCUT2D eigenvalue weighted by atomic mass is 9.99. The maximum absolute atomic E-state index is 12.7. The first kappa shape index (κ1) is 24.3. The minimum Gasteiger partial charge on any atom is -0.325 e. The Kier molecular flexibility index (Phi) is 7.93. The van der Waals surface area contributed by atoms with Gasteiger partial charge in [-0.25, -0.2) is 0 Å². The number of benzene rings is 3. The molecule has 0 saturated carbocycles. The third kappa shape index (κ3) is 5.63. The lowest BCUT2D eigenvalue weighted by molar-refractivity contribution is -0.113. The molecule has 8 heteroatoms. The predicted molar refractivity (Wildman–Crippen MR) is 141 cm³/mol. The highest BCUT2D eigenvalue weighted by atomic mass is 35.5. The van der Waals surface area contributed by atoms with E-state index >= 15 is 0 Å². The second-order valence-corrected chi connectivity index (χ2v) is 9.65. The van der Waals surface area contributed by atoms with Crippen LogP contribution < -0.4 is 5.32 Å². The minimum absolute atomic E-state index is 0.119. The minimum atomic E-state index is -0.119. The van der Waals surface area contributed by atoms with Gasteiger partial charge < -0.3 is 5.32 Å². The molecule has 1 atom stereocenters. The van der Waals surface area contributed by atoms with Crippen LogP contribution in [0.1, 0.15) is 31.7 Å². The highest BCUT2D eigenvalue weighted by molar-refractivity contribution is 7.99. The van der Waals surface area contributed by atoms with Crippen molar-refractivity contribution in [3.8, 4) is 17.1 Å². The van der Waals surface area contributed by atoms with Crippen LogP contribution in [0.15, 0.2) is 78.0 Å². The van der Waals surface area contributed by atoms with Gasteiger partial charge in [0.1, 0.15) is 0 Å². The lowest BCUT2D eigenvalue weighted by Crippen LogP contribution is -2.14. The Morgan fingerprint density at radius 3 is 2.38 bits per heavy atom. The summed E-state index contributed by atoms with van der Waals surface area (Å²) in [7, 11) is 0. The molecule has 0 fully saturated rings. The maximum Gasteiger partial charge on any atom is 0.234 e. The third-order valence-electron chi connectivity index (χ3n) is 5.54. The van der Waals surface area contributed by atoms with Crippen molar-refractivity contribution in [2.75, 3.05) is 11.1 Å². The molecule has 1 heterocycles. The molecule has 0 spiro atoms. The molecule has 0 radical (unpaired) electrons. The zero-order valence-electron chi connectivity index (χ0n) is 18.8. The second kappa shape index (κ2) is 11.1. The van der Waals surface area contributed by atoms with Crippen molar-refractivity contribution in [2.24, 2.45) is 0 Å². The van der Waals surface area contributed by atoms with Crippen LogP contribution in [0.25, 0.3) is 17.1 Å². The fourth-order valence-electron chi connectivity index (χ4n) is 3.46. The smallest absolute Gasteiger partial charge is 0.234 e. The molecule has 0 bridgehead atoms. The number of halogens is 2. The van der Waals surface area contributed by atoms with E-state index in [0.717, 1.165) is 23.4 Å². The van der Waals surface area contributed by atoms with E-state index in [9.17, 15) is 4.79 Å². The molecule has 1 aromatic heterocycles. The molecule has 34 heavy (non-hydrogen) atoms. The maximum atomic E-state index is 12.7. The molecule has 0 unspecified atom stereocenters. The van der Waals surface area contributed by atoms with E-state index in [1.807, 2.05) is 53.1 Å². The molecule has 5 nitrogen and oxygen atoms in total. The number of amides is 1. The van der Waals surface area contributed by atoms with Gasteiger partial charge in [-0.3, -0.25) is 9.36 Å². The van der Waals surface area contributed by atoms with E-state index in [-0.39, 0.29) is 11.7 Å². The molecular weight excluding hydrogens is 487 g/mol. The van der Waals surface area contributed by atoms with Crippen molar-refractivity contribution >= 4 is 46.6 Å². The van der Waals surface area contributed by atoms with Crippen LogP contribution >= 0.6 is 35.0 Å². The summed E-state index contributed by atoms with van der Waals surface area (Å²) in [6.07, 6.45) is 1.08. The van der Waals surface area contributed by atoms with Crippen LogP contribution in [0.4, 0.5) is 5.69 Å². The Morgan fingerprint density at radius 1 is 1.00 bits per heavy atom. The Morgan fingerprint density at radius 2 is 1.71 bits per heavy atom. The van der Waals surface area contributed by atoms with Crippen molar-refractivity contribution in [3.05, 3.63) is 88.4 Å². The molecule has 4 aromatic rings. The van der Waals surface area contributed by atoms with Crippen molar-refractivity contribution in [3.63, 3.8) is 0 Å². The van der Waals surface area contributed by atoms with E-state index in [0.29, 0.717) is 26.9 Å². The summed E-state index contributed by atoms with van der Waals surface area (Å²) in [5, 5.41) is 13.5. The van der Waals surface area contributed by atoms with Crippen LogP contribution in [-0.4, -0.2) is 26.4 Å². The van der Waals surface area contributed by atoms with Gasteiger partial charge in [-0.05, 0) is 66.4 Å². The number of nitrogens with zero attached hydrogens (tertiary/aromatic N) is 3. The van der Waals surface area contributed by atoms with Crippen LogP contribution in [0.2, 0.25) is 10.0 Å². The van der Waals surface area contributed by atoms with Gasteiger partial charge in [-0.15, -0.1) is 10.2 Å². The first-order valence-electron chi connectivity index (χ1n) is 10.9. The summed E-state index contributed by atoms with van der Waals surface area (Å²) in [5.74, 6) is 1.15. The Labute approximate surface area is 213 Å². The Bertz CT molecular complexity index is 1270. The fraction of sp³-hybridized carbons (Fsp3) is 0.192. The fourth-order valence-corrected chi connectivity index (χ4v) is 4.56. The van der Waals surface area contributed by atoms with Gasteiger partial charge in [0, 0.05) is 22.0 Å². The SMILES string of the molecule is CC[C@H](C)c1ccc(NC(=O)CSc2nnc(-c3ccccc3Cl)n2-c2ccc(Cl)cc2)cc1. The van der Waals surface area contributed by atoms with Gasteiger partial charge in [0.15, 0.2) is 11.0 Å². The largest absolute Gasteiger partial charge is 0.325 e. The highest BCUT2D eigenvalue weighted by Crippen LogP contribution is 2.32. The number of nitrogens with one attached hydrogen (secondary N) is 1. The number of carbonyl (C=O) groups is 1. The van der Waals surface area contributed by atoms with Crippen LogP contribution in [0, 0.1) is 0 Å². The van der Waals surface area contributed by atoms with Crippen LogP contribution in [-0.2, 0) is 4.79 Å². The van der Waals surface area contributed by atoms with Crippen molar-refractivity contribution in [1.82, 2.24) is 14.8 Å². The molecule has 174 valence electrons. The number of aromatic nitrogens is 3. The number of rotatable bonds is 8. The molecule has 0 aliphatic carbocycles. The lowest BCUT2D eigenvalue weighted by Gasteiger charge is -2.12. The Balaban J connectivity index is 1.54. The molecule has 0 aliphatic heterocycles. The first-order valence-corrected chi connectivity index (χ1v) is 12.7. The third-order valence-corrected chi connectivity index (χ3v) is 7.05. The van der Waals surface area contributed by atoms with Gasteiger partial charge >= 0.3 is 0 Å². The van der Waals surface area contributed by atoms with Crippen LogP contribution in [0.3, 0.4) is 0 Å². The van der Waals surface area contributed by atoms with Gasteiger partial charge in [0.05, 0.1) is 10.8 Å². The topological polar surface area (TPSA) is 59.8 Å². The van der Waals surface area contributed by atoms with E-state index < -0.39 is 0 Å². The molecule has 1 amide bonds. The number of carbonyl (C=O) groups excluding carboxylic acids is 1. The zero-order chi connectivity index (χ0) is 24.1. The molecule has 0 aliphatic rings. The highest BCUT2D eigenvalue weighted by Gasteiger charge is 2.19. The quantitative estimate of drug-likeness (QED) is 0.249. The van der Waals surface area contributed by atoms with E-state index in [1.54, 1.807) is 12.1 Å². The van der Waals surface area contributed by atoms with Gasteiger partial charge in [0.25, 0.3) is 0 Å². The van der Waals surface area contributed by atoms with E-state index in [1.165, 1.54) is 17.3 Å². The van der Waals surface area contributed by atoms with Gasteiger partial charge in [-0.1, -0.05) is 73.1 Å². The normalized spacial score (nSPS) is 11.9. The van der Waals surface area contributed by atoms with E-state index in [2.05, 4.69) is 41.5 Å². The molecular formula is C26H24Cl2N4OS. The number of anilines is 1. The molecule has 1 N–H and O–H groups in total. The van der Waals surface area contributed by atoms with Crippen molar-refractivity contribution in [1.29, 1.82) is 0 Å². The van der Waals surface area contributed by atoms with Crippen molar-refractivity contribution < 1.29 is 4.79 Å². The standard InChI is InChI=1S/C26H24Cl2N4OS/c1-3-17(2)18-8-12-20(13-9-18)29-24(33)16-34-26-31-30-25(22-6-4-5-7-23(22)28)32(26)21-14-10-19(27)11-15-21/h4-15,17H,3,16H2,1-2H3,(H,29,33)/t17-/m0/s1. The van der Waals surface area contributed by atoms with Gasteiger partial charge in [-0.2, -0.15) is 0 Å². The first-order chi connectivity index (χ1) is 16.5. The molecule has 0 saturated heterocycles. The number of hydrogen-bond donors (Lipinski definition) is 1. The average Bonchev–Trinajstić information content (AvgIpc) is 3.27. The summed E-state index contributed by atoms with van der Waals surface area (Å²) in [6, 6.07) is 22.8. The number of thioether (sulfide) groups is 1. The van der Waals surface area contributed by atoms with Crippen molar-refractivity contribution in [2.45, 2.75) is 31.3 Å². The second-order valence-electron chi connectivity index (χ2n) is 7.87. The summed E-state index contributed by atoms with van der Waals surface area (Å²) >= 11 is 13.8. The zero-order valence-corrected chi connectivity index (χ0v) is 21.2. The van der Waals surface area contributed by atoms with Crippen LogP contribution in [0.5, 0.6) is 0 Å². The number of hydrogen-bond acceptors (Lipinski definition) is 4. The Hall–Kier alpha value is -2.80. The van der Waals surface area contributed by atoms with Gasteiger partial charge in [0.2, 0.25) is 5.91 Å². The summed E-state index contributed by atoms with van der Waals surface area (Å²) in [5.41, 5.74) is 3.61. The van der Waals surface area contributed by atoms with E-state index in [4.69, 9.17) is 23.2 Å². The predicted octanol–water partition coefficient (Wildman–Crippen LogP) is 7.49. The average molecular weight is 511 g/mol. The molecule has 3 aromatic carbocycles. The monoisotopic (exact) mass is 510 g/mol.